The number of carbonyl (C=O) groups is 2. The topological polar surface area (TPSA) is 144 Å². The Bertz CT molecular complexity index is 1510. The fourth-order valence-electron chi connectivity index (χ4n) is 4.79. The van der Waals surface area contributed by atoms with Crippen LogP contribution in [0.2, 0.25) is 0 Å². The monoisotopic (exact) mass is 541 g/mol. The Morgan fingerprint density at radius 1 is 1.15 bits per heavy atom. The summed E-state index contributed by atoms with van der Waals surface area (Å²) in [7, 11) is 2.10. The van der Waals surface area contributed by atoms with Gasteiger partial charge in [-0.15, -0.1) is 0 Å². The smallest absolute Gasteiger partial charge is 0.257 e. The van der Waals surface area contributed by atoms with Crippen LogP contribution in [0.25, 0.3) is 11.0 Å². The van der Waals surface area contributed by atoms with E-state index in [4.69, 9.17) is 4.74 Å². The molecule has 40 heavy (non-hydrogen) atoms. The summed E-state index contributed by atoms with van der Waals surface area (Å²) >= 11 is 0. The molecule has 0 spiro atoms. The van der Waals surface area contributed by atoms with Crippen molar-refractivity contribution in [1.82, 2.24) is 34.9 Å². The largest absolute Gasteiger partial charge is 0.456 e. The van der Waals surface area contributed by atoms with Crippen molar-refractivity contribution in [3.63, 3.8) is 0 Å². The number of ether oxygens (including phenoxy) is 1. The minimum absolute atomic E-state index is 0.0346. The summed E-state index contributed by atoms with van der Waals surface area (Å²) in [5, 5.41) is 14.3. The number of nitrogens with zero attached hydrogens (tertiary/aromatic N) is 5. The van der Waals surface area contributed by atoms with Gasteiger partial charge in [-0.25, -0.2) is 9.97 Å². The molecule has 3 aromatic heterocycles. The van der Waals surface area contributed by atoms with E-state index in [1.807, 2.05) is 11.0 Å². The maximum atomic E-state index is 12.7. The molecular formula is C28H31N9O3. The molecule has 6 rings (SSSR count). The Labute approximate surface area is 230 Å². The lowest BCUT2D eigenvalue weighted by Gasteiger charge is -2.16. The van der Waals surface area contributed by atoms with Gasteiger partial charge >= 0.3 is 0 Å². The quantitative estimate of drug-likeness (QED) is 0.224. The zero-order chi connectivity index (χ0) is 27.5. The number of hydrogen-bond donors (Lipinski definition) is 4. The molecule has 0 bridgehead atoms. The molecule has 2 fully saturated rings. The average molecular weight is 542 g/mol. The van der Waals surface area contributed by atoms with Gasteiger partial charge < -0.3 is 19.9 Å². The summed E-state index contributed by atoms with van der Waals surface area (Å²) in [5.74, 6) is 1.89. The summed E-state index contributed by atoms with van der Waals surface area (Å²) in [6.07, 6.45) is 11.8. The number of hydrogen-bond acceptors (Lipinski definition) is 8. The molecule has 12 nitrogen and oxygen atoms in total. The van der Waals surface area contributed by atoms with Crippen LogP contribution in [-0.2, 0) is 4.79 Å². The molecule has 1 aliphatic carbocycles. The Morgan fingerprint density at radius 2 is 2.00 bits per heavy atom. The lowest BCUT2D eigenvalue weighted by molar-refractivity contribution is -0.125. The molecule has 12 heteroatoms. The van der Waals surface area contributed by atoms with Crippen molar-refractivity contribution >= 4 is 34.6 Å². The van der Waals surface area contributed by atoms with Crippen molar-refractivity contribution in [1.29, 1.82) is 0 Å². The Hall–Kier alpha value is -4.71. The highest BCUT2D eigenvalue weighted by atomic mass is 16.5. The number of imidazole rings is 1. The molecule has 1 saturated heterocycles. The van der Waals surface area contributed by atoms with Crippen molar-refractivity contribution in [3.05, 3.63) is 66.6 Å². The third-order valence-electron chi connectivity index (χ3n) is 7.16. The summed E-state index contributed by atoms with van der Waals surface area (Å²) in [5.41, 5.74) is 1.06. The molecule has 1 aromatic carbocycles. The van der Waals surface area contributed by atoms with Crippen LogP contribution in [0, 0.1) is 0 Å². The van der Waals surface area contributed by atoms with Gasteiger partial charge in [-0.1, -0.05) is 6.08 Å². The number of likely N-dealkylation sites (N-methyl/N-ethyl adjacent to an activating group) is 1. The second kappa shape index (κ2) is 11.2. The minimum atomic E-state index is -0.278. The van der Waals surface area contributed by atoms with Gasteiger partial charge in [-0.05, 0) is 50.6 Å². The molecular weight excluding hydrogens is 510 g/mol. The van der Waals surface area contributed by atoms with Crippen LogP contribution in [0.3, 0.4) is 0 Å². The highest BCUT2D eigenvalue weighted by molar-refractivity contribution is 6.03. The molecule has 1 saturated carbocycles. The molecule has 4 N–H and O–H groups in total. The molecule has 4 aromatic rings. The molecule has 1 atom stereocenters. The maximum Gasteiger partial charge on any atom is 0.257 e. The van der Waals surface area contributed by atoms with Crippen LogP contribution >= 0.6 is 0 Å². The standard InChI is InChI=1S/C28H31N9O3/c1-36(20-6-7-20)15-2-3-23(38)37-16-11-19(17-37)32-26-24-22(10-12-29-25(24)34-35-26)40-21-8-4-18(5-9-21)27(39)33-28-30-13-14-31-28/h2-5,8-10,12-14,19-20H,6-7,11,15-17H2,1H3,(H2,29,32,34,35)(H2,30,31,33,39). The molecule has 1 aliphatic heterocycles. The molecule has 1 unspecified atom stereocenters. The number of nitrogens with one attached hydrogen (secondary N) is 4. The summed E-state index contributed by atoms with van der Waals surface area (Å²) in [4.78, 5) is 40.5. The number of benzene rings is 1. The first-order valence-corrected chi connectivity index (χ1v) is 13.4. The normalized spacial score (nSPS) is 17.1. The van der Waals surface area contributed by atoms with Gasteiger partial charge in [0, 0.05) is 68.0 Å². The number of H-pyrrole nitrogens is 2. The summed E-state index contributed by atoms with van der Waals surface area (Å²) in [6, 6.07) is 9.32. The first kappa shape index (κ1) is 25.6. The Morgan fingerprint density at radius 3 is 2.77 bits per heavy atom. The predicted molar refractivity (Wildman–Crippen MR) is 150 cm³/mol. The minimum Gasteiger partial charge on any atom is -0.456 e. The highest BCUT2D eigenvalue weighted by Crippen LogP contribution is 2.33. The maximum absolute atomic E-state index is 12.7. The van der Waals surface area contributed by atoms with Gasteiger partial charge in [0.05, 0.1) is 0 Å². The molecule has 0 radical (unpaired) electrons. The van der Waals surface area contributed by atoms with Crippen LogP contribution in [0.4, 0.5) is 11.8 Å². The van der Waals surface area contributed by atoms with E-state index in [-0.39, 0.29) is 17.9 Å². The van der Waals surface area contributed by atoms with Crippen LogP contribution in [-0.4, -0.2) is 85.5 Å². The Balaban J connectivity index is 1.09. The molecule has 4 heterocycles. The van der Waals surface area contributed by atoms with E-state index in [2.05, 4.69) is 47.7 Å². The lowest BCUT2D eigenvalue weighted by atomic mass is 10.2. The van der Waals surface area contributed by atoms with Crippen molar-refractivity contribution in [2.24, 2.45) is 0 Å². The van der Waals surface area contributed by atoms with Crippen molar-refractivity contribution in [2.75, 3.05) is 37.3 Å². The molecule has 206 valence electrons. The van der Waals surface area contributed by atoms with Crippen molar-refractivity contribution < 1.29 is 14.3 Å². The predicted octanol–water partition coefficient (Wildman–Crippen LogP) is 3.39. The van der Waals surface area contributed by atoms with E-state index in [0.29, 0.717) is 53.6 Å². The van der Waals surface area contributed by atoms with Gasteiger partial charge in [0.2, 0.25) is 11.9 Å². The number of anilines is 2. The van der Waals surface area contributed by atoms with Crippen LogP contribution < -0.4 is 15.4 Å². The summed E-state index contributed by atoms with van der Waals surface area (Å²) < 4.78 is 6.17. The van der Waals surface area contributed by atoms with Gasteiger partial charge in [-0.3, -0.25) is 24.9 Å². The number of pyridine rings is 1. The number of carbonyl (C=O) groups excluding carboxylic acids is 2. The van der Waals surface area contributed by atoms with E-state index < -0.39 is 0 Å². The number of amides is 2. The summed E-state index contributed by atoms with van der Waals surface area (Å²) in [6.45, 7) is 2.07. The van der Waals surface area contributed by atoms with Gasteiger partial charge in [0.15, 0.2) is 11.5 Å². The van der Waals surface area contributed by atoms with Crippen LogP contribution in [0.1, 0.15) is 29.6 Å². The molecule has 2 aliphatic rings. The number of aromatic nitrogens is 5. The van der Waals surface area contributed by atoms with E-state index in [0.717, 1.165) is 18.4 Å². The van der Waals surface area contributed by atoms with Gasteiger partial charge in [-0.2, -0.15) is 5.10 Å². The van der Waals surface area contributed by atoms with E-state index in [9.17, 15) is 9.59 Å². The number of fused-ring (bicyclic) bond motifs is 1. The SMILES string of the molecule is CN(CC=CC(=O)N1CCC(Nc2n[nH]c3nccc(Oc4ccc(C(=O)Nc5ncc[nH]5)cc4)c23)C1)C1CC1. The highest BCUT2D eigenvalue weighted by Gasteiger charge is 2.27. The lowest BCUT2D eigenvalue weighted by Crippen LogP contribution is -2.30. The fraction of sp³-hybridized carbons (Fsp3) is 0.321. The number of aromatic amines is 2. The van der Waals surface area contributed by atoms with Crippen LogP contribution in [0.15, 0.2) is 61.1 Å². The fourth-order valence-corrected chi connectivity index (χ4v) is 4.79. The third-order valence-corrected chi connectivity index (χ3v) is 7.16. The second-order valence-corrected chi connectivity index (χ2v) is 10.1. The number of likely N-dealkylation sites (tertiary alicyclic amines) is 1. The number of rotatable bonds is 10. The zero-order valence-electron chi connectivity index (χ0n) is 22.1. The first-order valence-electron chi connectivity index (χ1n) is 13.4. The van der Waals surface area contributed by atoms with E-state index in [1.165, 1.54) is 12.8 Å². The van der Waals surface area contributed by atoms with E-state index in [1.54, 1.807) is 55.0 Å². The van der Waals surface area contributed by atoms with E-state index >= 15 is 0 Å². The molecule has 2 amide bonds. The van der Waals surface area contributed by atoms with Gasteiger partial charge in [0.1, 0.15) is 16.9 Å². The van der Waals surface area contributed by atoms with Crippen molar-refractivity contribution in [2.45, 2.75) is 31.3 Å². The second-order valence-electron chi connectivity index (χ2n) is 10.1. The van der Waals surface area contributed by atoms with Gasteiger partial charge in [0.25, 0.3) is 5.91 Å². The average Bonchev–Trinajstić information content (AvgIpc) is 3.30. The van der Waals surface area contributed by atoms with Crippen molar-refractivity contribution in [3.8, 4) is 11.5 Å². The van der Waals surface area contributed by atoms with Crippen LogP contribution in [0.5, 0.6) is 11.5 Å². The zero-order valence-corrected chi connectivity index (χ0v) is 22.1. The first-order chi connectivity index (χ1) is 19.5. The Kier molecular flexibility index (Phi) is 7.15. The third kappa shape index (κ3) is 5.81.